The Morgan fingerprint density at radius 3 is 2.14 bits per heavy atom. The summed E-state index contributed by atoms with van der Waals surface area (Å²) >= 11 is 18.7. The van der Waals surface area contributed by atoms with Crippen LogP contribution in [0.25, 0.3) is 0 Å². The number of hydrazone groups is 1. The number of rotatable bonds is 9. The summed E-state index contributed by atoms with van der Waals surface area (Å²) in [5, 5.41) is 5.52. The van der Waals surface area contributed by atoms with Gasteiger partial charge in [-0.1, -0.05) is 102 Å². The van der Waals surface area contributed by atoms with E-state index in [1.165, 1.54) is 13.3 Å². The zero-order chi connectivity index (χ0) is 26.2. The van der Waals surface area contributed by atoms with E-state index < -0.39 is 5.92 Å². The number of nitrogens with zero attached hydrogens (tertiary/aromatic N) is 1. The minimum Gasteiger partial charge on any atom is -0.493 e. The smallest absolute Gasteiger partial charge is 0.252 e. The average Bonchev–Trinajstić information content (AvgIpc) is 2.90. The van der Waals surface area contributed by atoms with E-state index in [0.29, 0.717) is 32.1 Å². The summed E-state index contributed by atoms with van der Waals surface area (Å²) in [6, 6.07) is 27.7. The van der Waals surface area contributed by atoms with Crippen molar-refractivity contribution < 1.29 is 14.3 Å². The quantitative estimate of drug-likeness (QED) is 0.172. The molecule has 188 valence electrons. The highest BCUT2D eigenvalue weighted by atomic mass is 35.5. The summed E-state index contributed by atoms with van der Waals surface area (Å²) in [7, 11) is 1.51. The maximum atomic E-state index is 13.1. The van der Waals surface area contributed by atoms with Crippen molar-refractivity contribution in [1.82, 2.24) is 5.43 Å². The summed E-state index contributed by atoms with van der Waals surface area (Å²) in [6.45, 7) is 0.177. The lowest BCUT2D eigenvalue weighted by Crippen LogP contribution is -2.26. The van der Waals surface area contributed by atoms with E-state index in [2.05, 4.69) is 10.5 Å². The maximum Gasteiger partial charge on any atom is 0.252 e. The van der Waals surface area contributed by atoms with Gasteiger partial charge in [0, 0.05) is 15.6 Å². The van der Waals surface area contributed by atoms with Gasteiger partial charge in [0.15, 0.2) is 11.5 Å². The Balaban J connectivity index is 1.49. The molecule has 0 aromatic heterocycles. The third-order valence-corrected chi connectivity index (χ3v) is 6.42. The van der Waals surface area contributed by atoms with Gasteiger partial charge in [0.2, 0.25) is 0 Å². The van der Waals surface area contributed by atoms with Crippen molar-refractivity contribution in [1.29, 1.82) is 0 Å². The van der Waals surface area contributed by atoms with Gasteiger partial charge in [0.05, 0.1) is 24.3 Å². The van der Waals surface area contributed by atoms with Gasteiger partial charge in [-0.3, -0.25) is 4.79 Å². The normalized spacial score (nSPS) is 11.1. The van der Waals surface area contributed by atoms with Crippen LogP contribution in [0.1, 0.15) is 28.2 Å². The number of carbonyl (C=O) groups excluding carboxylic acids is 1. The van der Waals surface area contributed by atoms with Gasteiger partial charge in [-0.2, -0.15) is 5.10 Å². The van der Waals surface area contributed by atoms with Gasteiger partial charge in [-0.15, -0.1) is 0 Å². The molecule has 0 aliphatic heterocycles. The molecule has 37 heavy (non-hydrogen) atoms. The number of nitrogens with one attached hydrogen (secondary N) is 1. The predicted molar refractivity (Wildman–Crippen MR) is 149 cm³/mol. The largest absolute Gasteiger partial charge is 0.493 e. The molecule has 5 nitrogen and oxygen atoms in total. The molecule has 0 saturated carbocycles. The fourth-order valence-electron chi connectivity index (χ4n) is 3.76. The number of hydrogen-bond acceptors (Lipinski definition) is 4. The number of halogens is 3. The van der Waals surface area contributed by atoms with Crippen LogP contribution in [-0.2, 0) is 11.4 Å². The number of ether oxygens (including phenoxy) is 2. The average molecular weight is 554 g/mol. The minimum absolute atomic E-state index is 0.177. The first-order chi connectivity index (χ1) is 18.0. The second kappa shape index (κ2) is 12.6. The van der Waals surface area contributed by atoms with Crippen LogP contribution < -0.4 is 14.9 Å². The van der Waals surface area contributed by atoms with Crippen LogP contribution in [0, 0.1) is 0 Å². The van der Waals surface area contributed by atoms with Gasteiger partial charge < -0.3 is 9.47 Å². The topological polar surface area (TPSA) is 59.9 Å². The number of amides is 1. The lowest BCUT2D eigenvalue weighted by atomic mass is 9.91. The van der Waals surface area contributed by atoms with E-state index in [0.717, 1.165) is 16.7 Å². The summed E-state index contributed by atoms with van der Waals surface area (Å²) in [6.07, 6.45) is 1.50. The molecule has 0 aliphatic rings. The molecule has 1 amide bonds. The van der Waals surface area contributed by atoms with E-state index in [1.54, 1.807) is 30.3 Å². The van der Waals surface area contributed by atoms with Gasteiger partial charge in [-0.05, 0) is 41.0 Å². The molecular weight excluding hydrogens is 531 g/mol. The van der Waals surface area contributed by atoms with Crippen molar-refractivity contribution in [3.8, 4) is 11.5 Å². The molecule has 4 aromatic rings. The van der Waals surface area contributed by atoms with Crippen LogP contribution in [0.4, 0.5) is 0 Å². The fraction of sp³-hybridized carbons (Fsp3) is 0.103. The molecule has 0 aliphatic carbocycles. The third kappa shape index (κ3) is 6.83. The Bertz CT molecular complexity index is 1360. The number of methoxy groups -OCH3 is 1. The monoisotopic (exact) mass is 552 g/mol. The van der Waals surface area contributed by atoms with Crippen molar-refractivity contribution in [2.75, 3.05) is 7.11 Å². The second-order valence-corrected chi connectivity index (χ2v) is 9.30. The van der Waals surface area contributed by atoms with Crippen LogP contribution >= 0.6 is 34.8 Å². The van der Waals surface area contributed by atoms with Crippen LogP contribution in [0.3, 0.4) is 0 Å². The molecular formula is C29H23Cl3N2O3. The Morgan fingerprint density at radius 1 is 0.892 bits per heavy atom. The molecule has 0 bridgehead atoms. The maximum absolute atomic E-state index is 13.1. The van der Waals surface area contributed by atoms with Gasteiger partial charge in [-0.25, -0.2) is 5.43 Å². The number of benzene rings is 4. The molecule has 0 spiro atoms. The van der Waals surface area contributed by atoms with Gasteiger partial charge >= 0.3 is 0 Å². The zero-order valence-corrected chi connectivity index (χ0v) is 22.1. The van der Waals surface area contributed by atoms with E-state index in [4.69, 9.17) is 44.3 Å². The Morgan fingerprint density at radius 2 is 1.54 bits per heavy atom. The van der Waals surface area contributed by atoms with Crippen molar-refractivity contribution in [2.24, 2.45) is 5.10 Å². The molecule has 8 heteroatoms. The SMILES string of the molecule is COc1cc(/C=N\NC(=O)C(c2ccccc2)c2ccccc2)cc(Cl)c1OCc1ccc(Cl)cc1Cl. The zero-order valence-electron chi connectivity index (χ0n) is 19.8. The Hall–Kier alpha value is -3.51. The van der Waals surface area contributed by atoms with E-state index in [9.17, 15) is 4.79 Å². The molecule has 1 N–H and O–H groups in total. The van der Waals surface area contributed by atoms with Crippen LogP contribution in [0.2, 0.25) is 15.1 Å². The second-order valence-electron chi connectivity index (χ2n) is 8.05. The highest BCUT2D eigenvalue weighted by Gasteiger charge is 2.22. The summed E-state index contributed by atoms with van der Waals surface area (Å²) < 4.78 is 11.4. The molecule has 0 radical (unpaired) electrons. The van der Waals surface area contributed by atoms with Gasteiger partial charge in [0.25, 0.3) is 5.91 Å². The summed E-state index contributed by atoms with van der Waals surface area (Å²) in [5.74, 6) is 0.0149. The van der Waals surface area contributed by atoms with Crippen molar-refractivity contribution in [3.05, 3.63) is 128 Å². The lowest BCUT2D eigenvalue weighted by Gasteiger charge is -2.16. The Kier molecular flexibility index (Phi) is 9.07. The summed E-state index contributed by atoms with van der Waals surface area (Å²) in [4.78, 5) is 13.1. The van der Waals surface area contributed by atoms with E-state index >= 15 is 0 Å². The molecule has 4 rings (SSSR count). The van der Waals surface area contributed by atoms with E-state index in [1.807, 2.05) is 60.7 Å². The first-order valence-electron chi connectivity index (χ1n) is 11.3. The van der Waals surface area contributed by atoms with Crippen LogP contribution in [0.15, 0.2) is 96.1 Å². The molecule has 0 saturated heterocycles. The minimum atomic E-state index is -0.506. The highest BCUT2D eigenvalue weighted by Crippen LogP contribution is 2.37. The number of carbonyl (C=O) groups is 1. The molecule has 0 fully saturated rings. The predicted octanol–water partition coefficient (Wildman–Crippen LogP) is 7.52. The highest BCUT2D eigenvalue weighted by molar-refractivity contribution is 6.35. The van der Waals surface area contributed by atoms with Crippen molar-refractivity contribution >= 4 is 46.9 Å². The molecule has 0 atom stereocenters. The first kappa shape index (κ1) is 26.6. The van der Waals surface area contributed by atoms with Crippen LogP contribution in [-0.4, -0.2) is 19.2 Å². The fourth-order valence-corrected chi connectivity index (χ4v) is 4.50. The molecule has 0 heterocycles. The van der Waals surface area contributed by atoms with Crippen molar-refractivity contribution in [3.63, 3.8) is 0 Å². The summed E-state index contributed by atoms with van der Waals surface area (Å²) in [5.41, 5.74) is 5.76. The Labute approximate surface area is 230 Å². The molecule has 4 aromatic carbocycles. The molecule has 0 unspecified atom stereocenters. The lowest BCUT2D eigenvalue weighted by molar-refractivity contribution is -0.121. The number of hydrogen-bond donors (Lipinski definition) is 1. The first-order valence-corrected chi connectivity index (χ1v) is 12.5. The van der Waals surface area contributed by atoms with Crippen molar-refractivity contribution in [2.45, 2.75) is 12.5 Å². The van der Waals surface area contributed by atoms with E-state index in [-0.39, 0.29) is 12.5 Å². The third-order valence-electron chi connectivity index (χ3n) is 5.56. The van der Waals surface area contributed by atoms with Gasteiger partial charge in [0.1, 0.15) is 6.61 Å². The standard InChI is InChI=1S/C29H23Cl3N2O3/c1-36-26-15-19(14-25(32)28(26)37-18-22-12-13-23(30)16-24(22)31)17-33-34-29(35)27(20-8-4-2-5-9-20)21-10-6-3-7-11-21/h2-17,27H,18H2,1H3,(H,34,35)/b33-17-. The van der Waals surface area contributed by atoms with Crippen LogP contribution in [0.5, 0.6) is 11.5 Å².